The molecule has 2 rings (SSSR count). The lowest BCUT2D eigenvalue weighted by atomic mass is 9.89. The van der Waals surface area contributed by atoms with Crippen molar-refractivity contribution >= 4 is 17.5 Å². The third kappa shape index (κ3) is 4.77. The SMILES string of the molecule is CC(C)CC(CN(C)C)NC(=O)C1CC(=O)Nc2cc(F)ccc21. The van der Waals surface area contributed by atoms with Crippen molar-refractivity contribution in [2.24, 2.45) is 5.92 Å². The van der Waals surface area contributed by atoms with E-state index in [-0.39, 0.29) is 24.3 Å². The van der Waals surface area contributed by atoms with Crippen molar-refractivity contribution in [3.8, 4) is 0 Å². The second kappa shape index (κ2) is 7.75. The lowest BCUT2D eigenvalue weighted by molar-refractivity contribution is -0.127. The molecule has 1 aromatic carbocycles. The zero-order valence-electron chi connectivity index (χ0n) is 14.7. The van der Waals surface area contributed by atoms with Crippen LogP contribution in [-0.2, 0) is 9.59 Å². The number of hydrogen-bond donors (Lipinski definition) is 2. The van der Waals surface area contributed by atoms with E-state index in [1.807, 2.05) is 19.0 Å². The highest BCUT2D eigenvalue weighted by Gasteiger charge is 2.32. The third-order valence-corrected chi connectivity index (χ3v) is 4.06. The van der Waals surface area contributed by atoms with Crippen LogP contribution < -0.4 is 10.6 Å². The maximum Gasteiger partial charge on any atom is 0.228 e. The molecule has 2 atom stereocenters. The predicted molar refractivity (Wildman–Crippen MR) is 92.3 cm³/mol. The van der Waals surface area contributed by atoms with Crippen LogP contribution in [0.1, 0.15) is 38.2 Å². The summed E-state index contributed by atoms with van der Waals surface area (Å²) in [6, 6.07) is 4.18. The number of fused-ring (bicyclic) bond motifs is 1. The Morgan fingerprint density at radius 2 is 2.12 bits per heavy atom. The standard InChI is InChI=1S/C18H26FN3O2/c1-11(2)7-13(10-22(3)4)20-18(24)15-9-17(23)21-16-8-12(19)5-6-14(15)16/h5-6,8,11,13,15H,7,9-10H2,1-4H3,(H,20,24)(H,21,23). The van der Waals surface area contributed by atoms with E-state index in [1.54, 1.807) is 6.07 Å². The lowest BCUT2D eigenvalue weighted by Crippen LogP contribution is -2.45. The highest BCUT2D eigenvalue weighted by molar-refractivity contribution is 6.01. The summed E-state index contributed by atoms with van der Waals surface area (Å²) in [5, 5.41) is 5.71. The van der Waals surface area contributed by atoms with Gasteiger partial charge in [-0.15, -0.1) is 0 Å². The molecule has 0 saturated carbocycles. The van der Waals surface area contributed by atoms with E-state index in [9.17, 15) is 14.0 Å². The zero-order valence-corrected chi connectivity index (χ0v) is 14.7. The van der Waals surface area contributed by atoms with Crippen LogP contribution in [0.4, 0.5) is 10.1 Å². The Morgan fingerprint density at radius 3 is 2.75 bits per heavy atom. The average Bonchev–Trinajstić information content (AvgIpc) is 2.44. The highest BCUT2D eigenvalue weighted by Crippen LogP contribution is 2.33. The minimum absolute atomic E-state index is 0.0152. The fraction of sp³-hybridized carbons (Fsp3) is 0.556. The van der Waals surface area contributed by atoms with Crippen molar-refractivity contribution < 1.29 is 14.0 Å². The molecule has 2 N–H and O–H groups in total. The van der Waals surface area contributed by atoms with Crippen LogP contribution in [0.5, 0.6) is 0 Å². The van der Waals surface area contributed by atoms with E-state index in [1.165, 1.54) is 12.1 Å². The molecule has 2 unspecified atom stereocenters. The largest absolute Gasteiger partial charge is 0.352 e. The minimum Gasteiger partial charge on any atom is -0.352 e. The first-order valence-corrected chi connectivity index (χ1v) is 8.30. The molecule has 1 heterocycles. The summed E-state index contributed by atoms with van der Waals surface area (Å²) in [4.78, 5) is 26.7. The van der Waals surface area contributed by atoms with Crippen LogP contribution in [-0.4, -0.2) is 43.4 Å². The number of nitrogens with zero attached hydrogens (tertiary/aromatic N) is 1. The van der Waals surface area contributed by atoms with Crippen molar-refractivity contribution in [3.05, 3.63) is 29.6 Å². The Hall–Kier alpha value is -1.95. The third-order valence-electron chi connectivity index (χ3n) is 4.06. The van der Waals surface area contributed by atoms with Crippen molar-refractivity contribution in [3.63, 3.8) is 0 Å². The Labute approximate surface area is 142 Å². The summed E-state index contributed by atoms with van der Waals surface area (Å²) in [7, 11) is 3.93. The van der Waals surface area contributed by atoms with Crippen LogP contribution >= 0.6 is 0 Å². The smallest absolute Gasteiger partial charge is 0.228 e. The summed E-state index contributed by atoms with van der Waals surface area (Å²) in [5.74, 6) is -0.996. The molecular weight excluding hydrogens is 309 g/mol. The maximum atomic E-state index is 13.4. The summed E-state index contributed by atoms with van der Waals surface area (Å²) in [6.07, 6.45) is 0.944. The number of carbonyl (C=O) groups excluding carboxylic acids is 2. The first kappa shape index (κ1) is 18.4. The van der Waals surface area contributed by atoms with Crippen LogP contribution in [0.15, 0.2) is 18.2 Å². The number of anilines is 1. The number of carbonyl (C=O) groups is 2. The molecule has 1 aliphatic rings. The highest BCUT2D eigenvalue weighted by atomic mass is 19.1. The van der Waals surface area contributed by atoms with Gasteiger partial charge in [-0.25, -0.2) is 4.39 Å². The van der Waals surface area contributed by atoms with Gasteiger partial charge in [0.2, 0.25) is 11.8 Å². The van der Waals surface area contributed by atoms with Gasteiger partial charge in [-0.05, 0) is 44.1 Å². The van der Waals surface area contributed by atoms with Gasteiger partial charge in [0.25, 0.3) is 0 Å². The molecule has 5 nitrogen and oxygen atoms in total. The normalized spacial score (nSPS) is 18.3. The van der Waals surface area contributed by atoms with E-state index < -0.39 is 11.7 Å². The van der Waals surface area contributed by atoms with Crippen molar-refractivity contribution in [1.29, 1.82) is 0 Å². The fourth-order valence-electron chi connectivity index (χ4n) is 3.16. The van der Waals surface area contributed by atoms with Gasteiger partial charge in [-0.2, -0.15) is 0 Å². The van der Waals surface area contributed by atoms with E-state index in [4.69, 9.17) is 0 Å². The molecule has 6 heteroatoms. The average molecular weight is 335 g/mol. The number of likely N-dealkylation sites (N-methyl/N-ethyl adjacent to an activating group) is 1. The Bertz CT molecular complexity index is 606. The molecule has 0 fully saturated rings. The number of hydrogen-bond acceptors (Lipinski definition) is 3. The topological polar surface area (TPSA) is 61.4 Å². The number of nitrogens with one attached hydrogen (secondary N) is 2. The molecule has 24 heavy (non-hydrogen) atoms. The number of halogens is 1. The van der Waals surface area contributed by atoms with E-state index in [2.05, 4.69) is 24.5 Å². The summed E-state index contributed by atoms with van der Waals surface area (Å²) in [6.45, 7) is 4.96. The molecular formula is C18H26FN3O2. The first-order chi connectivity index (χ1) is 11.3. The molecule has 0 bridgehead atoms. The summed E-state index contributed by atoms with van der Waals surface area (Å²) >= 11 is 0. The van der Waals surface area contributed by atoms with Gasteiger partial charge in [0, 0.05) is 24.7 Å². The Kier molecular flexibility index (Phi) is 5.94. The number of benzene rings is 1. The molecule has 0 saturated heterocycles. The second-order valence-corrected chi connectivity index (χ2v) is 7.13. The van der Waals surface area contributed by atoms with Crippen LogP contribution in [0.3, 0.4) is 0 Å². The zero-order chi connectivity index (χ0) is 17.9. The van der Waals surface area contributed by atoms with Gasteiger partial charge in [0.05, 0.1) is 5.92 Å². The Balaban J connectivity index is 2.17. The van der Waals surface area contributed by atoms with E-state index in [0.717, 1.165) is 13.0 Å². The van der Waals surface area contributed by atoms with Crippen LogP contribution in [0.25, 0.3) is 0 Å². The maximum absolute atomic E-state index is 13.4. The molecule has 0 spiro atoms. The molecule has 2 amide bonds. The monoisotopic (exact) mass is 335 g/mol. The summed E-state index contributed by atoms with van der Waals surface area (Å²) in [5.41, 5.74) is 1.06. The molecule has 1 aromatic rings. The van der Waals surface area contributed by atoms with Crippen molar-refractivity contribution in [2.45, 2.75) is 38.6 Å². The Morgan fingerprint density at radius 1 is 1.42 bits per heavy atom. The molecule has 1 aliphatic heterocycles. The van der Waals surface area contributed by atoms with Crippen molar-refractivity contribution in [2.75, 3.05) is 26.0 Å². The van der Waals surface area contributed by atoms with Crippen LogP contribution in [0.2, 0.25) is 0 Å². The lowest BCUT2D eigenvalue weighted by Gasteiger charge is -2.29. The molecule has 0 aliphatic carbocycles. The van der Waals surface area contributed by atoms with Gasteiger partial charge in [0.1, 0.15) is 5.82 Å². The van der Waals surface area contributed by atoms with Crippen LogP contribution in [0, 0.1) is 11.7 Å². The van der Waals surface area contributed by atoms with E-state index >= 15 is 0 Å². The second-order valence-electron chi connectivity index (χ2n) is 7.13. The minimum atomic E-state index is -0.578. The predicted octanol–water partition coefficient (Wildman–Crippen LogP) is 2.34. The fourth-order valence-corrected chi connectivity index (χ4v) is 3.16. The number of rotatable bonds is 6. The molecule has 0 aromatic heterocycles. The van der Waals surface area contributed by atoms with Gasteiger partial charge < -0.3 is 15.5 Å². The first-order valence-electron chi connectivity index (χ1n) is 8.30. The summed E-state index contributed by atoms with van der Waals surface area (Å²) < 4.78 is 13.4. The quantitative estimate of drug-likeness (QED) is 0.839. The van der Waals surface area contributed by atoms with Gasteiger partial charge in [0.15, 0.2) is 0 Å². The van der Waals surface area contributed by atoms with Gasteiger partial charge in [-0.3, -0.25) is 9.59 Å². The number of amides is 2. The molecule has 0 radical (unpaired) electrons. The van der Waals surface area contributed by atoms with Gasteiger partial charge in [-0.1, -0.05) is 19.9 Å². The van der Waals surface area contributed by atoms with Crippen molar-refractivity contribution in [1.82, 2.24) is 10.2 Å². The molecule has 132 valence electrons. The van der Waals surface area contributed by atoms with Gasteiger partial charge >= 0.3 is 0 Å². The van der Waals surface area contributed by atoms with E-state index in [0.29, 0.717) is 17.2 Å².